The normalized spacial score (nSPS) is 47.2. The van der Waals surface area contributed by atoms with Gasteiger partial charge in [-0.1, -0.05) is 56.7 Å². The Balaban J connectivity index is 1.43. The number of hydrogen-bond acceptors (Lipinski definition) is 1. The molecule has 1 aromatic rings. The molecule has 0 spiro atoms. The lowest BCUT2D eigenvalue weighted by Gasteiger charge is -2.60. The lowest BCUT2D eigenvalue weighted by Crippen LogP contribution is -2.55. The molecule has 0 aliphatic heterocycles. The second kappa shape index (κ2) is 6.63. The molecule has 1 heteroatoms. The van der Waals surface area contributed by atoms with Crippen LogP contribution in [0.2, 0.25) is 0 Å². The van der Waals surface area contributed by atoms with Crippen LogP contribution in [0.15, 0.2) is 30.3 Å². The number of aliphatic hydroxyl groups is 1. The third-order valence-corrected chi connectivity index (χ3v) is 9.92. The molecule has 0 unspecified atom stereocenters. The summed E-state index contributed by atoms with van der Waals surface area (Å²) in [5.74, 6) is 10.0. The summed E-state index contributed by atoms with van der Waals surface area (Å²) < 4.78 is 0. The molecule has 150 valence electrons. The first-order valence-electron chi connectivity index (χ1n) is 11.8. The van der Waals surface area contributed by atoms with Crippen LogP contribution in [0.25, 0.3) is 0 Å². The molecule has 1 N–H and O–H groups in total. The van der Waals surface area contributed by atoms with Gasteiger partial charge in [0.1, 0.15) is 5.60 Å². The first-order chi connectivity index (χ1) is 13.5. The molecule has 1 aromatic carbocycles. The van der Waals surface area contributed by atoms with Crippen molar-refractivity contribution in [3.8, 4) is 11.8 Å². The van der Waals surface area contributed by atoms with E-state index >= 15 is 0 Å². The van der Waals surface area contributed by atoms with Gasteiger partial charge in [-0.15, -0.1) is 0 Å². The molecular formula is C27H36O. The lowest BCUT2D eigenvalue weighted by molar-refractivity contribution is -0.134. The number of fused-ring (bicyclic) bond motifs is 5. The first-order valence-corrected chi connectivity index (χ1v) is 11.8. The van der Waals surface area contributed by atoms with Gasteiger partial charge in [0.15, 0.2) is 0 Å². The van der Waals surface area contributed by atoms with Crippen LogP contribution in [0.1, 0.15) is 83.6 Å². The van der Waals surface area contributed by atoms with Crippen molar-refractivity contribution < 1.29 is 5.11 Å². The Labute approximate surface area is 171 Å². The molecule has 7 atom stereocenters. The van der Waals surface area contributed by atoms with Gasteiger partial charge in [-0.2, -0.15) is 0 Å². The fourth-order valence-corrected chi connectivity index (χ4v) is 8.21. The molecule has 4 aliphatic rings. The molecule has 0 heterocycles. The molecule has 1 nitrogen and oxygen atoms in total. The first kappa shape index (κ1) is 18.7. The van der Waals surface area contributed by atoms with Gasteiger partial charge in [0.05, 0.1) is 0 Å². The molecule has 4 fully saturated rings. The van der Waals surface area contributed by atoms with E-state index in [0.29, 0.717) is 11.3 Å². The number of benzene rings is 1. The van der Waals surface area contributed by atoms with Crippen LogP contribution in [-0.2, 0) is 0 Å². The van der Waals surface area contributed by atoms with Crippen LogP contribution >= 0.6 is 0 Å². The maximum Gasteiger partial charge on any atom is 0.131 e. The van der Waals surface area contributed by atoms with Crippen molar-refractivity contribution in [2.75, 3.05) is 0 Å². The van der Waals surface area contributed by atoms with Crippen LogP contribution < -0.4 is 0 Å². The average Bonchev–Trinajstić information content (AvgIpc) is 2.98. The van der Waals surface area contributed by atoms with Crippen molar-refractivity contribution in [1.29, 1.82) is 0 Å². The van der Waals surface area contributed by atoms with Crippen molar-refractivity contribution in [3.05, 3.63) is 35.9 Å². The van der Waals surface area contributed by atoms with Gasteiger partial charge >= 0.3 is 0 Å². The van der Waals surface area contributed by atoms with Crippen molar-refractivity contribution in [2.45, 2.75) is 83.7 Å². The molecule has 0 saturated heterocycles. The third-order valence-electron chi connectivity index (χ3n) is 9.92. The zero-order chi connectivity index (χ0) is 19.4. The largest absolute Gasteiger partial charge is 0.377 e. The molecule has 4 saturated carbocycles. The maximum atomic E-state index is 11.7. The molecular weight excluding hydrogens is 340 g/mol. The summed E-state index contributed by atoms with van der Waals surface area (Å²) in [6, 6.07) is 10.2. The van der Waals surface area contributed by atoms with Gasteiger partial charge in [0.25, 0.3) is 0 Å². The van der Waals surface area contributed by atoms with Gasteiger partial charge in [-0.3, -0.25) is 0 Å². The molecule has 4 aliphatic carbocycles. The van der Waals surface area contributed by atoms with Gasteiger partial charge < -0.3 is 5.11 Å². The summed E-state index contributed by atoms with van der Waals surface area (Å²) in [5.41, 5.74) is 0.738. The summed E-state index contributed by atoms with van der Waals surface area (Å²) in [6.45, 7) is 5.00. The van der Waals surface area contributed by atoms with Crippen LogP contribution in [0.5, 0.6) is 0 Å². The minimum Gasteiger partial charge on any atom is -0.377 e. The summed E-state index contributed by atoms with van der Waals surface area (Å²) in [6.07, 6.45) is 13.1. The SMILES string of the molecule is C[C@]12CCCC[C@@H]1CC[C@H]1[C@H]2CC[C@@]2(C)[C@@H]1CC[C@@]2(O)C#Cc1ccccc1. The molecule has 0 amide bonds. The summed E-state index contributed by atoms with van der Waals surface area (Å²) >= 11 is 0. The quantitative estimate of drug-likeness (QED) is 0.534. The Morgan fingerprint density at radius 3 is 2.46 bits per heavy atom. The van der Waals surface area contributed by atoms with Crippen molar-refractivity contribution in [1.82, 2.24) is 0 Å². The lowest BCUT2D eigenvalue weighted by atomic mass is 9.44. The number of rotatable bonds is 0. The van der Waals surface area contributed by atoms with E-state index in [1.54, 1.807) is 0 Å². The smallest absolute Gasteiger partial charge is 0.131 e. The van der Waals surface area contributed by atoms with Crippen molar-refractivity contribution in [2.24, 2.45) is 34.5 Å². The van der Waals surface area contributed by atoms with Gasteiger partial charge in [0, 0.05) is 11.0 Å². The Bertz CT molecular complexity index is 787. The molecule has 28 heavy (non-hydrogen) atoms. The maximum absolute atomic E-state index is 11.7. The standard InChI is InChI=1S/C27H36O/c1-25-16-7-6-10-21(25)11-12-22-23(25)14-17-26(2)24(22)15-19-27(26,28)18-13-20-8-4-3-5-9-20/h3-5,8-9,21-24,28H,6-7,10-12,14-17,19H2,1-2H3/t21-,22+,23-,24-,25+,26+,27+/m1/s1. The fraction of sp³-hybridized carbons (Fsp3) is 0.704. The zero-order valence-corrected chi connectivity index (χ0v) is 17.7. The van der Waals surface area contributed by atoms with E-state index in [4.69, 9.17) is 0 Å². The second-order valence-electron chi connectivity index (χ2n) is 10.9. The highest BCUT2D eigenvalue weighted by molar-refractivity contribution is 5.38. The minimum atomic E-state index is -0.817. The Morgan fingerprint density at radius 1 is 0.857 bits per heavy atom. The highest BCUT2D eigenvalue weighted by atomic mass is 16.3. The molecule has 0 radical (unpaired) electrons. The Kier molecular flexibility index (Phi) is 4.44. The third kappa shape index (κ3) is 2.64. The highest BCUT2D eigenvalue weighted by Gasteiger charge is 2.64. The van der Waals surface area contributed by atoms with Crippen LogP contribution in [0.3, 0.4) is 0 Å². The van der Waals surface area contributed by atoms with E-state index in [1.165, 1.54) is 51.4 Å². The predicted octanol–water partition coefficient (Wildman–Crippen LogP) is 6.20. The van der Waals surface area contributed by atoms with E-state index in [2.05, 4.69) is 25.7 Å². The summed E-state index contributed by atoms with van der Waals surface area (Å²) in [5, 5.41) is 11.7. The topological polar surface area (TPSA) is 20.2 Å². The van der Waals surface area contributed by atoms with E-state index in [1.807, 2.05) is 30.3 Å². The number of hydrogen-bond donors (Lipinski definition) is 1. The Hall–Kier alpha value is -1.26. The summed E-state index contributed by atoms with van der Waals surface area (Å²) in [7, 11) is 0. The van der Waals surface area contributed by atoms with Crippen molar-refractivity contribution in [3.63, 3.8) is 0 Å². The van der Waals surface area contributed by atoms with Gasteiger partial charge in [-0.05, 0) is 92.6 Å². The van der Waals surface area contributed by atoms with E-state index in [-0.39, 0.29) is 5.41 Å². The van der Waals surface area contributed by atoms with Crippen molar-refractivity contribution >= 4 is 0 Å². The molecule has 0 bridgehead atoms. The van der Waals surface area contributed by atoms with E-state index < -0.39 is 5.60 Å². The summed E-state index contributed by atoms with van der Waals surface area (Å²) in [4.78, 5) is 0. The van der Waals surface area contributed by atoms with Crippen LogP contribution in [0.4, 0.5) is 0 Å². The van der Waals surface area contributed by atoms with E-state index in [9.17, 15) is 5.11 Å². The monoisotopic (exact) mass is 376 g/mol. The fourth-order valence-electron chi connectivity index (χ4n) is 8.21. The van der Waals surface area contributed by atoms with Gasteiger partial charge in [-0.25, -0.2) is 0 Å². The van der Waals surface area contributed by atoms with E-state index in [0.717, 1.165) is 36.2 Å². The Morgan fingerprint density at radius 2 is 1.64 bits per heavy atom. The van der Waals surface area contributed by atoms with Crippen LogP contribution in [-0.4, -0.2) is 10.7 Å². The molecule has 0 aromatic heterocycles. The highest BCUT2D eigenvalue weighted by Crippen LogP contribution is 2.68. The van der Waals surface area contributed by atoms with Crippen LogP contribution in [0, 0.1) is 46.3 Å². The minimum absolute atomic E-state index is 0.0339. The zero-order valence-electron chi connectivity index (χ0n) is 17.7. The van der Waals surface area contributed by atoms with Gasteiger partial charge in [0.2, 0.25) is 0 Å². The average molecular weight is 377 g/mol. The molecule has 5 rings (SSSR count). The second-order valence-corrected chi connectivity index (χ2v) is 10.9. The predicted molar refractivity (Wildman–Crippen MR) is 115 cm³/mol.